The molecule has 1 aromatic rings. The molecule has 2 saturated heterocycles. The third kappa shape index (κ3) is 5.59. The van der Waals surface area contributed by atoms with Crippen molar-refractivity contribution in [1.29, 1.82) is 0 Å². The number of piperazine rings is 2. The first-order valence-corrected chi connectivity index (χ1v) is 10.1. The molecule has 8 heteroatoms. The van der Waals surface area contributed by atoms with Crippen molar-refractivity contribution in [2.24, 2.45) is 5.73 Å². The topological polar surface area (TPSA) is 85.2 Å². The third-order valence-corrected chi connectivity index (χ3v) is 5.65. The van der Waals surface area contributed by atoms with Crippen LogP contribution in [0, 0.1) is 0 Å². The number of primary amides is 1. The molecule has 0 aromatic heterocycles. The summed E-state index contributed by atoms with van der Waals surface area (Å²) in [7, 11) is 0. The number of anilines is 1. The lowest BCUT2D eigenvalue weighted by Crippen LogP contribution is -2.56. The van der Waals surface area contributed by atoms with Crippen LogP contribution in [0.4, 0.5) is 10.5 Å². The minimum atomic E-state index is -0.320. The number of urea groups is 1. The summed E-state index contributed by atoms with van der Waals surface area (Å²) in [5.74, 6) is -0.320. The standard InChI is InChI=1S/C20H32N6O2/c1-17(24-11-13-25(14-12-24)18-5-3-2-4-6-18)15-22-20(28)26-9-7-23(8-10-26)16-19(21)27/h2-6,17H,7-16H2,1H3,(H2,21,27)(H,22,28)/t17-/m1/s1. The van der Waals surface area contributed by atoms with Gasteiger partial charge in [0.2, 0.25) is 5.91 Å². The highest BCUT2D eigenvalue weighted by molar-refractivity contribution is 5.76. The molecule has 0 bridgehead atoms. The number of hydrogen-bond donors (Lipinski definition) is 2. The van der Waals surface area contributed by atoms with E-state index in [-0.39, 0.29) is 18.5 Å². The van der Waals surface area contributed by atoms with E-state index in [2.05, 4.69) is 46.3 Å². The zero-order valence-corrected chi connectivity index (χ0v) is 16.7. The maximum absolute atomic E-state index is 12.4. The number of benzene rings is 1. The van der Waals surface area contributed by atoms with E-state index in [1.165, 1.54) is 5.69 Å². The van der Waals surface area contributed by atoms with Crippen molar-refractivity contribution in [3.05, 3.63) is 30.3 Å². The summed E-state index contributed by atoms with van der Waals surface area (Å²) in [5, 5.41) is 3.07. The van der Waals surface area contributed by atoms with Crippen LogP contribution in [-0.2, 0) is 4.79 Å². The fourth-order valence-electron chi connectivity index (χ4n) is 3.87. The van der Waals surface area contributed by atoms with Crippen LogP contribution in [0.2, 0.25) is 0 Å². The number of nitrogens with two attached hydrogens (primary N) is 1. The Labute approximate surface area is 167 Å². The molecule has 0 spiro atoms. The lowest BCUT2D eigenvalue weighted by atomic mass is 10.2. The Bertz CT molecular complexity index is 639. The molecule has 3 rings (SSSR count). The van der Waals surface area contributed by atoms with Crippen LogP contribution >= 0.6 is 0 Å². The fraction of sp³-hybridized carbons (Fsp3) is 0.600. The van der Waals surface area contributed by atoms with Gasteiger partial charge in [0, 0.05) is 70.6 Å². The number of rotatable bonds is 6. The van der Waals surface area contributed by atoms with Gasteiger partial charge in [0.25, 0.3) is 0 Å². The lowest BCUT2D eigenvalue weighted by molar-refractivity contribution is -0.119. The second-order valence-corrected chi connectivity index (χ2v) is 7.62. The maximum Gasteiger partial charge on any atom is 0.317 e. The maximum atomic E-state index is 12.4. The summed E-state index contributed by atoms with van der Waals surface area (Å²) in [4.78, 5) is 32.1. The zero-order chi connectivity index (χ0) is 19.9. The average Bonchev–Trinajstić information content (AvgIpc) is 2.72. The molecule has 3 amide bonds. The second kappa shape index (κ2) is 9.75. The van der Waals surface area contributed by atoms with E-state index in [4.69, 9.17) is 5.73 Å². The molecule has 0 saturated carbocycles. The molecule has 1 aromatic carbocycles. The van der Waals surface area contributed by atoms with Gasteiger partial charge in [-0.3, -0.25) is 14.6 Å². The van der Waals surface area contributed by atoms with Gasteiger partial charge in [0.15, 0.2) is 0 Å². The van der Waals surface area contributed by atoms with Crippen molar-refractivity contribution in [1.82, 2.24) is 20.0 Å². The zero-order valence-electron chi connectivity index (χ0n) is 16.7. The van der Waals surface area contributed by atoms with Crippen molar-refractivity contribution in [3.8, 4) is 0 Å². The second-order valence-electron chi connectivity index (χ2n) is 7.62. The van der Waals surface area contributed by atoms with Gasteiger partial charge < -0.3 is 20.9 Å². The average molecular weight is 389 g/mol. The van der Waals surface area contributed by atoms with Crippen LogP contribution in [0.15, 0.2) is 30.3 Å². The van der Waals surface area contributed by atoms with Crippen LogP contribution in [-0.4, -0.2) is 98.1 Å². The number of carbonyl (C=O) groups excluding carboxylic acids is 2. The highest BCUT2D eigenvalue weighted by atomic mass is 16.2. The SMILES string of the molecule is C[C@H](CNC(=O)N1CCN(CC(N)=O)CC1)N1CCN(c2ccccc2)CC1. The molecule has 3 N–H and O–H groups in total. The Hall–Kier alpha value is -2.32. The predicted molar refractivity (Wildman–Crippen MR) is 110 cm³/mol. The van der Waals surface area contributed by atoms with Crippen molar-refractivity contribution < 1.29 is 9.59 Å². The lowest BCUT2D eigenvalue weighted by Gasteiger charge is -2.39. The van der Waals surface area contributed by atoms with Gasteiger partial charge in [-0.2, -0.15) is 0 Å². The Morgan fingerprint density at radius 3 is 2.25 bits per heavy atom. The van der Waals surface area contributed by atoms with Gasteiger partial charge in [-0.25, -0.2) is 4.79 Å². The van der Waals surface area contributed by atoms with Crippen LogP contribution in [0.5, 0.6) is 0 Å². The summed E-state index contributed by atoms with van der Waals surface area (Å²) in [6.07, 6.45) is 0. The summed E-state index contributed by atoms with van der Waals surface area (Å²) in [5.41, 5.74) is 6.51. The van der Waals surface area contributed by atoms with Gasteiger partial charge in [-0.05, 0) is 19.1 Å². The molecule has 0 aliphatic carbocycles. The highest BCUT2D eigenvalue weighted by Gasteiger charge is 2.24. The molecule has 2 aliphatic rings. The molecule has 8 nitrogen and oxygen atoms in total. The molecule has 2 fully saturated rings. The van der Waals surface area contributed by atoms with Crippen LogP contribution in [0.3, 0.4) is 0 Å². The van der Waals surface area contributed by atoms with Gasteiger partial charge in [-0.1, -0.05) is 18.2 Å². The minimum absolute atomic E-state index is 0.0199. The first kappa shape index (κ1) is 20.4. The number of nitrogens with zero attached hydrogens (tertiary/aromatic N) is 4. The van der Waals surface area contributed by atoms with Crippen molar-refractivity contribution in [3.63, 3.8) is 0 Å². The molecular formula is C20H32N6O2. The normalized spacial score (nSPS) is 20.0. The van der Waals surface area contributed by atoms with E-state index in [1.807, 2.05) is 15.9 Å². The Morgan fingerprint density at radius 2 is 1.64 bits per heavy atom. The Kier molecular flexibility index (Phi) is 7.11. The fourth-order valence-corrected chi connectivity index (χ4v) is 3.87. The number of para-hydroxylation sites is 1. The molecule has 0 radical (unpaired) electrons. The first-order chi connectivity index (χ1) is 13.5. The molecule has 0 unspecified atom stereocenters. The first-order valence-electron chi connectivity index (χ1n) is 10.1. The van der Waals surface area contributed by atoms with Gasteiger partial charge in [-0.15, -0.1) is 0 Å². The summed E-state index contributed by atoms with van der Waals surface area (Å²) < 4.78 is 0. The Morgan fingerprint density at radius 1 is 1.00 bits per heavy atom. The van der Waals surface area contributed by atoms with Crippen LogP contribution in [0.25, 0.3) is 0 Å². The van der Waals surface area contributed by atoms with Crippen molar-refractivity contribution in [2.75, 3.05) is 70.3 Å². The van der Waals surface area contributed by atoms with Gasteiger partial charge in [0.05, 0.1) is 6.54 Å². The largest absolute Gasteiger partial charge is 0.369 e. The molecule has 2 heterocycles. The minimum Gasteiger partial charge on any atom is -0.369 e. The summed E-state index contributed by atoms with van der Waals surface area (Å²) >= 11 is 0. The van der Waals surface area contributed by atoms with Crippen LogP contribution in [0.1, 0.15) is 6.92 Å². The number of hydrogen-bond acceptors (Lipinski definition) is 5. The number of nitrogens with one attached hydrogen (secondary N) is 1. The number of carbonyl (C=O) groups is 2. The van der Waals surface area contributed by atoms with E-state index >= 15 is 0 Å². The van der Waals surface area contributed by atoms with Gasteiger partial charge >= 0.3 is 6.03 Å². The molecule has 2 aliphatic heterocycles. The van der Waals surface area contributed by atoms with E-state index in [0.29, 0.717) is 38.8 Å². The Balaban J connectivity index is 1.36. The molecule has 28 heavy (non-hydrogen) atoms. The van der Waals surface area contributed by atoms with E-state index < -0.39 is 0 Å². The highest BCUT2D eigenvalue weighted by Crippen LogP contribution is 2.16. The smallest absolute Gasteiger partial charge is 0.317 e. The van der Waals surface area contributed by atoms with E-state index in [9.17, 15) is 9.59 Å². The van der Waals surface area contributed by atoms with Crippen molar-refractivity contribution in [2.45, 2.75) is 13.0 Å². The number of amides is 3. The molecular weight excluding hydrogens is 356 g/mol. The van der Waals surface area contributed by atoms with E-state index in [1.54, 1.807) is 0 Å². The summed E-state index contributed by atoms with van der Waals surface area (Å²) in [6.45, 7) is 9.72. The monoisotopic (exact) mass is 388 g/mol. The van der Waals surface area contributed by atoms with Crippen LogP contribution < -0.4 is 16.0 Å². The molecule has 154 valence electrons. The third-order valence-electron chi connectivity index (χ3n) is 5.65. The van der Waals surface area contributed by atoms with Gasteiger partial charge in [0.1, 0.15) is 0 Å². The molecule has 1 atom stereocenters. The predicted octanol–water partition coefficient (Wildman–Crippen LogP) is 0.00960. The quantitative estimate of drug-likeness (QED) is 0.717. The van der Waals surface area contributed by atoms with E-state index in [0.717, 1.165) is 26.2 Å². The van der Waals surface area contributed by atoms with Crippen molar-refractivity contribution >= 4 is 17.6 Å². The summed E-state index contributed by atoms with van der Waals surface area (Å²) in [6, 6.07) is 10.8.